The fourth-order valence-corrected chi connectivity index (χ4v) is 0.405. The van der Waals surface area contributed by atoms with E-state index in [1.165, 1.54) is 0 Å². The molecule has 1 radical (unpaired) electrons. The van der Waals surface area contributed by atoms with E-state index in [0.717, 1.165) is 0 Å². The molecule has 0 aromatic carbocycles. The van der Waals surface area contributed by atoms with Gasteiger partial charge in [-0.1, -0.05) is 6.92 Å². The molecule has 9 heavy (non-hydrogen) atoms. The lowest BCUT2D eigenvalue weighted by Crippen LogP contribution is -2.13. The normalized spacial score (nSPS) is 14.3. The second kappa shape index (κ2) is 4.77. The van der Waals surface area contributed by atoms with Gasteiger partial charge in [0, 0.05) is 5.92 Å². The summed E-state index contributed by atoms with van der Waals surface area (Å²) in [6.45, 7) is 6.40. The third kappa shape index (κ3) is 5.80. The Balaban J connectivity index is 3.06. The zero-order valence-electron chi connectivity index (χ0n) is 6.39. The van der Waals surface area contributed by atoms with Gasteiger partial charge in [0.25, 0.3) is 0 Å². The van der Waals surface area contributed by atoms with Gasteiger partial charge in [0.15, 0.2) is 0 Å². The molecule has 0 aliphatic rings. The van der Waals surface area contributed by atoms with E-state index < -0.39 is 0 Å². The molecule has 0 aliphatic carbocycles. The molecule has 0 aromatic heterocycles. The van der Waals surface area contributed by atoms with Gasteiger partial charge in [-0.25, -0.2) is 5.11 Å². The van der Waals surface area contributed by atoms with Gasteiger partial charge >= 0.3 is 0 Å². The monoisotopic (exact) mass is 131 g/mol. The zero-order chi connectivity index (χ0) is 7.28. The van der Waals surface area contributed by atoms with Crippen LogP contribution in [0, 0.1) is 5.92 Å². The van der Waals surface area contributed by atoms with Crippen LogP contribution in [0.3, 0.4) is 0 Å². The van der Waals surface area contributed by atoms with Gasteiger partial charge in [-0.05, 0) is 13.8 Å². The molecular weight excluding hydrogens is 116 g/mol. The Kier molecular flexibility index (Phi) is 4.72. The van der Waals surface area contributed by atoms with Gasteiger partial charge in [0.05, 0.1) is 19.3 Å². The lowest BCUT2D eigenvalue weighted by Gasteiger charge is -2.10. The van der Waals surface area contributed by atoms with Crippen LogP contribution < -0.4 is 0 Å². The highest BCUT2D eigenvalue weighted by Gasteiger charge is 2.01. The Labute approximate surface area is 56.8 Å². The predicted molar refractivity (Wildman–Crippen MR) is 35.8 cm³/mol. The molecule has 0 saturated carbocycles. The topological polar surface area (TPSA) is 29.1 Å². The van der Waals surface area contributed by atoms with Gasteiger partial charge in [-0.3, -0.25) is 0 Å². The molecule has 0 amide bonds. The maximum absolute atomic E-state index is 10.2. The summed E-state index contributed by atoms with van der Waals surface area (Å²) in [5.74, 6) is 0.160. The molecule has 0 fully saturated rings. The molecule has 0 saturated heterocycles. The van der Waals surface area contributed by atoms with E-state index in [4.69, 9.17) is 4.74 Å². The average Bonchev–Trinajstić information content (AvgIpc) is 1.83. The molecule has 0 aliphatic heterocycles. The lowest BCUT2D eigenvalue weighted by atomic mass is 10.2. The fourth-order valence-electron chi connectivity index (χ4n) is 0.405. The third-order valence-corrected chi connectivity index (χ3v) is 0.999. The van der Waals surface area contributed by atoms with Crippen molar-refractivity contribution in [3.63, 3.8) is 0 Å². The molecule has 1 unspecified atom stereocenters. The average molecular weight is 131 g/mol. The summed E-state index contributed by atoms with van der Waals surface area (Å²) in [5.41, 5.74) is 0. The van der Waals surface area contributed by atoms with Gasteiger partial charge in [0.1, 0.15) is 0 Å². The van der Waals surface area contributed by atoms with E-state index in [1.807, 2.05) is 20.8 Å². The fraction of sp³-hybridized carbons (Fsp3) is 1.00. The van der Waals surface area contributed by atoms with Crippen molar-refractivity contribution < 1.29 is 9.84 Å². The Hall–Kier alpha value is -0.0800. The van der Waals surface area contributed by atoms with Crippen LogP contribution in [0.2, 0.25) is 0 Å². The van der Waals surface area contributed by atoms with Crippen LogP contribution in [0.15, 0.2) is 0 Å². The first-order valence-electron chi connectivity index (χ1n) is 3.36. The SMILES string of the molecule is CC(C[O])COC(C)C. The molecule has 0 aromatic rings. The van der Waals surface area contributed by atoms with Crippen molar-refractivity contribution in [1.82, 2.24) is 0 Å². The van der Waals surface area contributed by atoms with E-state index in [-0.39, 0.29) is 18.6 Å². The van der Waals surface area contributed by atoms with Crippen molar-refractivity contribution in [3.05, 3.63) is 0 Å². The standard InChI is InChI=1S/C7H15O2/c1-6(2)9-5-7(3)4-8/h6-7H,4-5H2,1-3H3. The van der Waals surface area contributed by atoms with Crippen molar-refractivity contribution in [3.8, 4) is 0 Å². The maximum atomic E-state index is 10.2. The minimum absolute atomic E-state index is 0.0350. The molecule has 0 bridgehead atoms. The Morgan fingerprint density at radius 1 is 1.33 bits per heavy atom. The third-order valence-electron chi connectivity index (χ3n) is 0.999. The van der Waals surface area contributed by atoms with E-state index in [1.54, 1.807) is 0 Å². The second-order valence-electron chi connectivity index (χ2n) is 2.65. The predicted octanol–water partition coefficient (Wildman–Crippen LogP) is 1.48. The van der Waals surface area contributed by atoms with Crippen LogP contribution in [0.25, 0.3) is 0 Å². The van der Waals surface area contributed by atoms with Gasteiger partial charge in [-0.2, -0.15) is 0 Å². The first-order chi connectivity index (χ1) is 4.16. The summed E-state index contributed by atoms with van der Waals surface area (Å²) in [6, 6.07) is 0. The first-order valence-corrected chi connectivity index (χ1v) is 3.36. The van der Waals surface area contributed by atoms with Crippen LogP contribution in [-0.4, -0.2) is 19.3 Å². The van der Waals surface area contributed by atoms with Crippen LogP contribution in [0.5, 0.6) is 0 Å². The minimum Gasteiger partial charge on any atom is -0.378 e. The molecule has 0 rings (SSSR count). The van der Waals surface area contributed by atoms with Crippen molar-refractivity contribution in [1.29, 1.82) is 0 Å². The van der Waals surface area contributed by atoms with Crippen LogP contribution in [0.1, 0.15) is 20.8 Å². The van der Waals surface area contributed by atoms with Gasteiger partial charge in [-0.15, -0.1) is 0 Å². The van der Waals surface area contributed by atoms with E-state index in [9.17, 15) is 5.11 Å². The highest BCUT2D eigenvalue weighted by atomic mass is 16.5. The Bertz CT molecular complexity index is 61.9. The smallest absolute Gasteiger partial charge is 0.0869 e. The van der Waals surface area contributed by atoms with Crippen molar-refractivity contribution in [2.45, 2.75) is 26.9 Å². The van der Waals surface area contributed by atoms with Crippen molar-refractivity contribution in [2.24, 2.45) is 5.92 Å². The Morgan fingerprint density at radius 2 is 1.89 bits per heavy atom. The maximum Gasteiger partial charge on any atom is 0.0869 e. The van der Waals surface area contributed by atoms with Crippen LogP contribution in [-0.2, 0) is 9.84 Å². The summed E-state index contributed by atoms with van der Waals surface area (Å²) in [7, 11) is 0. The van der Waals surface area contributed by atoms with Crippen molar-refractivity contribution >= 4 is 0 Å². The van der Waals surface area contributed by atoms with Gasteiger partial charge in [0.2, 0.25) is 0 Å². The van der Waals surface area contributed by atoms with E-state index in [2.05, 4.69) is 0 Å². The molecule has 0 N–H and O–H groups in total. The van der Waals surface area contributed by atoms with Crippen LogP contribution in [0.4, 0.5) is 0 Å². The molecule has 2 heteroatoms. The summed E-state index contributed by atoms with van der Waals surface area (Å²) >= 11 is 0. The van der Waals surface area contributed by atoms with Crippen molar-refractivity contribution in [2.75, 3.05) is 13.2 Å². The second-order valence-corrected chi connectivity index (χ2v) is 2.65. The molecule has 0 heterocycles. The Morgan fingerprint density at radius 3 is 2.22 bits per heavy atom. The number of ether oxygens (including phenoxy) is 1. The quantitative estimate of drug-likeness (QED) is 0.568. The summed E-state index contributed by atoms with van der Waals surface area (Å²) in [5, 5.41) is 10.2. The molecule has 1 atom stereocenters. The molecule has 55 valence electrons. The van der Waals surface area contributed by atoms with Gasteiger partial charge < -0.3 is 4.74 Å². The summed E-state index contributed by atoms with van der Waals surface area (Å²) in [6.07, 6.45) is 0.249. The molecule has 2 nitrogen and oxygen atoms in total. The van der Waals surface area contributed by atoms with Crippen LogP contribution >= 0.6 is 0 Å². The highest BCUT2D eigenvalue weighted by molar-refractivity contribution is 4.47. The lowest BCUT2D eigenvalue weighted by molar-refractivity contribution is 0.0269. The highest BCUT2D eigenvalue weighted by Crippen LogP contribution is 1.96. The first kappa shape index (κ1) is 8.92. The molecule has 0 spiro atoms. The van der Waals surface area contributed by atoms with E-state index >= 15 is 0 Å². The minimum atomic E-state index is -0.0350. The molecular formula is C7H15O2. The largest absolute Gasteiger partial charge is 0.378 e. The number of hydrogen-bond donors (Lipinski definition) is 0. The zero-order valence-corrected chi connectivity index (χ0v) is 6.39. The van der Waals surface area contributed by atoms with E-state index in [0.29, 0.717) is 6.61 Å². The number of hydrogen-bond acceptors (Lipinski definition) is 1. The number of rotatable bonds is 4. The summed E-state index contributed by atoms with van der Waals surface area (Å²) < 4.78 is 5.19. The summed E-state index contributed by atoms with van der Waals surface area (Å²) in [4.78, 5) is 0.